The Morgan fingerprint density at radius 1 is 1.29 bits per heavy atom. The normalized spacial score (nSPS) is 40.9. The van der Waals surface area contributed by atoms with E-state index in [4.69, 9.17) is 11.6 Å². The number of fused-ring (bicyclic) bond motifs is 1. The molecule has 0 radical (unpaired) electrons. The largest absolute Gasteiger partial charge is 0.300 e. The molecule has 0 bridgehead atoms. The molecule has 2 aliphatic rings. The van der Waals surface area contributed by atoms with E-state index in [9.17, 15) is 0 Å². The lowest BCUT2D eigenvalue weighted by molar-refractivity contribution is 0.240. The molecule has 4 unspecified atom stereocenters. The van der Waals surface area contributed by atoms with E-state index < -0.39 is 0 Å². The van der Waals surface area contributed by atoms with Gasteiger partial charge in [-0.2, -0.15) is 0 Å². The quantitative estimate of drug-likeness (QED) is 0.640. The summed E-state index contributed by atoms with van der Waals surface area (Å²) < 4.78 is 0. The summed E-state index contributed by atoms with van der Waals surface area (Å²) in [5, 5.41) is 0.466. The Hall–Kier alpha value is 0.250. The molecule has 0 aromatic rings. The molecule has 0 amide bonds. The van der Waals surface area contributed by atoms with Crippen LogP contribution >= 0.6 is 11.6 Å². The maximum Gasteiger partial charge on any atom is 0.0339 e. The zero-order chi connectivity index (χ0) is 10.1. The van der Waals surface area contributed by atoms with Crippen LogP contribution in [0.25, 0.3) is 0 Å². The summed E-state index contributed by atoms with van der Waals surface area (Å²) in [4.78, 5) is 2.67. The fraction of sp³-hybridized carbons (Fsp3) is 1.00. The highest BCUT2D eigenvalue weighted by Gasteiger charge is 2.38. The third-order valence-electron chi connectivity index (χ3n) is 4.23. The zero-order valence-electron chi connectivity index (χ0n) is 9.38. The second kappa shape index (κ2) is 4.40. The monoisotopic (exact) mass is 215 g/mol. The first-order chi connectivity index (χ1) is 6.70. The van der Waals surface area contributed by atoms with E-state index in [1.165, 1.54) is 38.8 Å². The Balaban J connectivity index is 1.92. The maximum atomic E-state index is 6.23. The molecule has 4 atom stereocenters. The van der Waals surface area contributed by atoms with Crippen molar-refractivity contribution in [1.82, 2.24) is 4.90 Å². The SMILES string of the molecule is CCC(C)N1CC2CCC(Cl)CC2C1. The average Bonchev–Trinajstić information content (AvgIpc) is 2.59. The summed E-state index contributed by atoms with van der Waals surface area (Å²) in [6, 6.07) is 0.773. The molecule has 1 saturated heterocycles. The highest BCUT2D eigenvalue weighted by atomic mass is 35.5. The minimum atomic E-state index is 0.466. The van der Waals surface area contributed by atoms with Crippen molar-refractivity contribution in [3.8, 4) is 0 Å². The molecule has 0 spiro atoms. The van der Waals surface area contributed by atoms with Gasteiger partial charge in [0.05, 0.1) is 0 Å². The predicted octanol–water partition coefficient (Wildman–Crippen LogP) is 3.12. The predicted molar refractivity (Wildman–Crippen MR) is 61.8 cm³/mol. The fourth-order valence-corrected chi connectivity index (χ4v) is 3.38. The van der Waals surface area contributed by atoms with Gasteiger partial charge in [-0.05, 0) is 44.4 Å². The Bertz CT molecular complexity index is 195. The van der Waals surface area contributed by atoms with Crippen LogP contribution in [0.4, 0.5) is 0 Å². The highest BCUT2D eigenvalue weighted by molar-refractivity contribution is 6.20. The molecule has 0 aromatic heterocycles. The van der Waals surface area contributed by atoms with Crippen molar-refractivity contribution in [2.75, 3.05) is 13.1 Å². The van der Waals surface area contributed by atoms with E-state index in [0.29, 0.717) is 5.38 Å². The van der Waals surface area contributed by atoms with Crippen LogP contribution in [0.3, 0.4) is 0 Å². The van der Waals surface area contributed by atoms with Crippen molar-refractivity contribution >= 4 is 11.6 Å². The Labute approximate surface area is 92.8 Å². The first kappa shape index (κ1) is 10.8. The molecule has 1 saturated carbocycles. The molecule has 14 heavy (non-hydrogen) atoms. The minimum absolute atomic E-state index is 0.466. The van der Waals surface area contributed by atoms with Crippen molar-refractivity contribution in [3.05, 3.63) is 0 Å². The highest BCUT2D eigenvalue weighted by Crippen LogP contribution is 2.38. The van der Waals surface area contributed by atoms with Crippen molar-refractivity contribution in [2.24, 2.45) is 11.8 Å². The van der Waals surface area contributed by atoms with Crippen molar-refractivity contribution in [2.45, 2.75) is 50.9 Å². The van der Waals surface area contributed by atoms with Gasteiger partial charge in [-0.15, -0.1) is 11.6 Å². The molecular weight excluding hydrogens is 194 g/mol. The first-order valence-corrected chi connectivity index (χ1v) is 6.52. The lowest BCUT2D eigenvalue weighted by Gasteiger charge is -2.27. The third kappa shape index (κ3) is 2.09. The smallest absolute Gasteiger partial charge is 0.0339 e. The number of alkyl halides is 1. The molecule has 1 aliphatic heterocycles. The van der Waals surface area contributed by atoms with Gasteiger partial charge in [-0.25, -0.2) is 0 Å². The molecule has 2 heteroatoms. The number of hydrogen-bond donors (Lipinski definition) is 0. The summed E-state index contributed by atoms with van der Waals surface area (Å²) in [6.45, 7) is 7.29. The van der Waals surface area contributed by atoms with Gasteiger partial charge in [0.25, 0.3) is 0 Å². The van der Waals surface area contributed by atoms with Crippen molar-refractivity contribution < 1.29 is 0 Å². The van der Waals surface area contributed by atoms with Gasteiger partial charge in [0.1, 0.15) is 0 Å². The summed E-state index contributed by atoms with van der Waals surface area (Å²) in [5.74, 6) is 1.86. The number of hydrogen-bond acceptors (Lipinski definition) is 1. The van der Waals surface area contributed by atoms with Gasteiger partial charge in [0, 0.05) is 24.5 Å². The molecule has 2 fully saturated rings. The molecule has 1 nitrogen and oxygen atoms in total. The topological polar surface area (TPSA) is 3.24 Å². The maximum absolute atomic E-state index is 6.23. The van der Waals surface area contributed by atoms with E-state index in [-0.39, 0.29) is 0 Å². The van der Waals surface area contributed by atoms with Crippen LogP contribution in [0.5, 0.6) is 0 Å². The van der Waals surface area contributed by atoms with E-state index in [1.54, 1.807) is 0 Å². The molecule has 0 N–H and O–H groups in total. The van der Waals surface area contributed by atoms with Gasteiger partial charge in [-0.3, -0.25) is 0 Å². The molecule has 0 aromatic carbocycles. The van der Waals surface area contributed by atoms with Gasteiger partial charge >= 0.3 is 0 Å². The lowest BCUT2D eigenvalue weighted by atomic mass is 9.82. The fourth-order valence-electron chi connectivity index (χ4n) is 3.03. The van der Waals surface area contributed by atoms with Crippen LogP contribution in [-0.4, -0.2) is 29.4 Å². The Morgan fingerprint density at radius 3 is 2.71 bits per heavy atom. The molecule has 1 aliphatic carbocycles. The van der Waals surface area contributed by atoms with Crippen LogP contribution in [-0.2, 0) is 0 Å². The molecule has 1 heterocycles. The van der Waals surface area contributed by atoms with Crippen molar-refractivity contribution in [1.29, 1.82) is 0 Å². The number of halogens is 1. The molecular formula is C12H22ClN. The molecule has 2 rings (SSSR count). The second-order valence-electron chi connectivity index (χ2n) is 5.14. The van der Waals surface area contributed by atoms with Gasteiger partial charge in [0.15, 0.2) is 0 Å². The average molecular weight is 216 g/mol. The molecule has 82 valence electrons. The van der Waals surface area contributed by atoms with Crippen LogP contribution in [0.2, 0.25) is 0 Å². The second-order valence-corrected chi connectivity index (χ2v) is 5.76. The van der Waals surface area contributed by atoms with Crippen molar-refractivity contribution in [3.63, 3.8) is 0 Å². The number of nitrogens with zero attached hydrogens (tertiary/aromatic N) is 1. The number of rotatable bonds is 2. The Kier molecular flexibility index (Phi) is 3.38. The van der Waals surface area contributed by atoms with Crippen LogP contribution in [0, 0.1) is 11.8 Å². The van der Waals surface area contributed by atoms with Crippen LogP contribution < -0.4 is 0 Å². The van der Waals surface area contributed by atoms with E-state index in [0.717, 1.165) is 17.9 Å². The number of likely N-dealkylation sites (tertiary alicyclic amines) is 1. The summed E-state index contributed by atoms with van der Waals surface area (Å²) in [5.41, 5.74) is 0. The van der Waals surface area contributed by atoms with E-state index in [1.807, 2.05) is 0 Å². The first-order valence-electron chi connectivity index (χ1n) is 6.08. The zero-order valence-corrected chi connectivity index (χ0v) is 10.1. The third-order valence-corrected chi connectivity index (χ3v) is 4.62. The standard InChI is InChI=1S/C12H22ClN/c1-3-9(2)14-7-10-4-5-12(13)6-11(10)8-14/h9-12H,3-8H2,1-2H3. The van der Waals surface area contributed by atoms with Crippen LogP contribution in [0.15, 0.2) is 0 Å². The lowest BCUT2D eigenvalue weighted by Crippen LogP contribution is -2.30. The van der Waals surface area contributed by atoms with Gasteiger partial charge in [0.2, 0.25) is 0 Å². The van der Waals surface area contributed by atoms with E-state index >= 15 is 0 Å². The van der Waals surface area contributed by atoms with Gasteiger partial charge < -0.3 is 4.90 Å². The summed E-state index contributed by atoms with van der Waals surface area (Å²) in [6.07, 6.45) is 5.16. The summed E-state index contributed by atoms with van der Waals surface area (Å²) >= 11 is 6.23. The Morgan fingerprint density at radius 2 is 2.00 bits per heavy atom. The van der Waals surface area contributed by atoms with Crippen LogP contribution in [0.1, 0.15) is 39.5 Å². The summed E-state index contributed by atoms with van der Waals surface area (Å²) in [7, 11) is 0. The van der Waals surface area contributed by atoms with Gasteiger partial charge in [-0.1, -0.05) is 6.92 Å². The van der Waals surface area contributed by atoms with E-state index in [2.05, 4.69) is 18.7 Å². The minimum Gasteiger partial charge on any atom is -0.300 e.